The standard InChI is InChI=1S/C23H30N2O2S/c1-2-6-18-8-10-19(11-9-18)21(26)12-13-23(27)24-17-20(22-7-5-16-28-22)25-14-3-4-15-25/h5,7-11,16,20H,2-4,6,12-15,17H2,1H3,(H,24,27). The van der Waals surface area contributed by atoms with Gasteiger partial charge >= 0.3 is 0 Å². The lowest BCUT2D eigenvalue weighted by Crippen LogP contribution is -2.36. The van der Waals surface area contributed by atoms with E-state index in [0.717, 1.165) is 25.9 Å². The molecule has 0 spiro atoms. The number of thiophene rings is 1. The van der Waals surface area contributed by atoms with Gasteiger partial charge in [0.2, 0.25) is 5.91 Å². The highest BCUT2D eigenvalue weighted by atomic mass is 32.1. The van der Waals surface area contributed by atoms with E-state index in [1.54, 1.807) is 11.3 Å². The minimum atomic E-state index is -0.0447. The third kappa shape index (κ3) is 5.76. The molecule has 1 aliphatic heterocycles. The van der Waals surface area contributed by atoms with Crippen molar-refractivity contribution in [2.45, 2.75) is 51.5 Å². The molecule has 0 saturated carbocycles. The van der Waals surface area contributed by atoms with Crippen LogP contribution >= 0.6 is 11.3 Å². The summed E-state index contributed by atoms with van der Waals surface area (Å²) in [7, 11) is 0. The summed E-state index contributed by atoms with van der Waals surface area (Å²) in [6, 6.07) is 12.2. The largest absolute Gasteiger partial charge is 0.354 e. The topological polar surface area (TPSA) is 49.4 Å². The fourth-order valence-corrected chi connectivity index (χ4v) is 4.62. The molecular weight excluding hydrogens is 368 g/mol. The maximum atomic E-state index is 12.4. The normalized spacial score (nSPS) is 15.5. The number of amides is 1. The maximum Gasteiger partial charge on any atom is 0.220 e. The number of carbonyl (C=O) groups excluding carboxylic acids is 2. The van der Waals surface area contributed by atoms with Crippen LogP contribution < -0.4 is 5.32 Å². The van der Waals surface area contributed by atoms with E-state index < -0.39 is 0 Å². The van der Waals surface area contributed by atoms with Crippen LogP contribution in [0.15, 0.2) is 41.8 Å². The molecule has 1 aromatic heterocycles. The third-order valence-corrected chi connectivity index (χ3v) is 6.31. The molecule has 1 N–H and O–H groups in total. The van der Waals surface area contributed by atoms with Gasteiger partial charge in [-0.3, -0.25) is 14.5 Å². The molecule has 3 rings (SSSR count). The van der Waals surface area contributed by atoms with Crippen LogP contribution in [-0.2, 0) is 11.2 Å². The predicted molar refractivity (Wildman–Crippen MR) is 115 cm³/mol. The summed E-state index contributed by atoms with van der Waals surface area (Å²) in [6.07, 6.45) is 5.07. The maximum absolute atomic E-state index is 12.4. The molecular formula is C23H30N2O2S. The number of hydrogen-bond donors (Lipinski definition) is 1. The molecule has 1 saturated heterocycles. The van der Waals surface area contributed by atoms with Crippen molar-refractivity contribution in [1.82, 2.24) is 10.2 Å². The van der Waals surface area contributed by atoms with Crippen LogP contribution in [0.1, 0.15) is 65.9 Å². The van der Waals surface area contributed by atoms with Crippen LogP contribution in [0.5, 0.6) is 0 Å². The Kier molecular flexibility index (Phi) is 7.80. The van der Waals surface area contributed by atoms with Gasteiger partial charge in [0, 0.05) is 29.8 Å². The van der Waals surface area contributed by atoms with Crippen molar-refractivity contribution >= 4 is 23.0 Å². The molecule has 0 radical (unpaired) electrons. The van der Waals surface area contributed by atoms with Crippen molar-refractivity contribution in [3.05, 3.63) is 57.8 Å². The first-order valence-corrected chi connectivity index (χ1v) is 11.2. The van der Waals surface area contributed by atoms with Crippen molar-refractivity contribution in [3.8, 4) is 0 Å². The van der Waals surface area contributed by atoms with Crippen LogP contribution in [0.25, 0.3) is 0 Å². The summed E-state index contributed by atoms with van der Waals surface area (Å²) in [5, 5.41) is 5.14. The van der Waals surface area contributed by atoms with Crippen molar-refractivity contribution in [1.29, 1.82) is 0 Å². The molecule has 0 bridgehead atoms. The molecule has 1 aromatic carbocycles. The highest BCUT2D eigenvalue weighted by Gasteiger charge is 2.24. The first-order valence-electron chi connectivity index (χ1n) is 10.3. The molecule has 0 aliphatic carbocycles. The van der Waals surface area contributed by atoms with Crippen molar-refractivity contribution in [2.24, 2.45) is 0 Å². The molecule has 4 nitrogen and oxygen atoms in total. The fraction of sp³-hybridized carbons (Fsp3) is 0.478. The second kappa shape index (κ2) is 10.5. The Bertz CT molecular complexity index is 749. The Labute approximate surface area is 172 Å². The minimum Gasteiger partial charge on any atom is -0.354 e. The number of nitrogens with zero attached hydrogens (tertiary/aromatic N) is 1. The van der Waals surface area contributed by atoms with Crippen LogP contribution in [0.2, 0.25) is 0 Å². The highest BCUT2D eigenvalue weighted by molar-refractivity contribution is 7.10. The molecule has 2 heterocycles. The number of ketones is 1. The van der Waals surface area contributed by atoms with E-state index in [-0.39, 0.29) is 30.6 Å². The second-order valence-electron chi connectivity index (χ2n) is 7.45. The molecule has 1 amide bonds. The van der Waals surface area contributed by atoms with Gasteiger partial charge in [-0.05, 0) is 49.4 Å². The van der Waals surface area contributed by atoms with Gasteiger partial charge in [-0.2, -0.15) is 0 Å². The van der Waals surface area contributed by atoms with Gasteiger partial charge in [0.05, 0.1) is 6.04 Å². The lowest BCUT2D eigenvalue weighted by molar-refractivity contribution is -0.121. The molecule has 1 atom stereocenters. The quantitative estimate of drug-likeness (QED) is 0.594. The van der Waals surface area contributed by atoms with E-state index in [4.69, 9.17) is 0 Å². The number of aryl methyl sites for hydroxylation is 1. The lowest BCUT2D eigenvalue weighted by Gasteiger charge is -2.26. The first kappa shape index (κ1) is 20.7. The average Bonchev–Trinajstić information content (AvgIpc) is 3.42. The van der Waals surface area contributed by atoms with Crippen LogP contribution in [0, 0.1) is 0 Å². The smallest absolute Gasteiger partial charge is 0.220 e. The molecule has 2 aromatic rings. The number of Topliss-reactive ketones (excluding diaryl/α,β-unsaturated/α-hetero) is 1. The monoisotopic (exact) mass is 398 g/mol. The Hall–Kier alpha value is -1.98. The Morgan fingerprint density at radius 2 is 1.86 bits per heavy atom. The van der Waals surface area contributed by atoms with E-state index in [0.29, 0.717) is 12.1 Å². The number of benzene rings is 1. The lowest BCUT2D eigenvalue weighted by atomic mass is 10.0. The Morgan fingerprint density at radius 1 is 1.11 bits per heavy atom. The van der Waals surface area contributed by atoms with Crippen molar-refractivity contribution in [3.63, 3.8) is 0 Å². The zero-order chi connectivity index (χ0) is 19.8. The Morgan fingerprint density at radius 3 is 2.50 bits per heavy atom. The number of hydrogen-bond acceptors (Lipinski definition) is 4. The van der Waals surface area contributed by atoms with Gasteiger partial charge in [-0.15, -0.1) is 11.3 Å². The summed E-state index contributed by atoms with van der Waals surface area (Å²) in [5.41, 5.74) is 1.94. The molecule has 1 aliphatic rings. The van der Waals surface area contributed by atoms with Crippen molar-refractivity contribution < 1.29 is 9.59 Å². The molecule has 28 heavy (non-hydrogen) atoms. The summed E-state index contributed by atoms with van der Waals surface area (Å²) >= 11 is 1.74. The Balaban J connectivity index is 1.47. The molecule has 150 valence electrons. The number of rotatable bonds is 10. The first-order chi connectivity index (χ1) is 13.7. The predicted octanol–water partition coefficient (Wildman–Crippen LogP) is 4.62. The van der Waals surface area contributed by atoms with Gasteiger partial charge in [-0.1, -0.05) is 43.7 Å². The van der Waals surface area contributed by atoms with Gasteiger partial charge in [0.25, 0.3) is 0 Å². The summed E-state index contributed by atoms with van der Waals surface area (Å²) < 4.78 is 0. The van der Waals surface area contributed by atoms with E-state index in [1.165, 1.54) is 23.3 Å². The van der Waals surface area contributed by atoms with Gasteiger partial charge in [0.15, 0.2) is 5.78 Å². The van der Waals surface area contributed by atoms with Gasteiger partial charge in [0.1, 0.15) is 0 Å². The fourth-order valence-electron chi connectivity index (χ4n) is 3.76. The summed E-state index contributed by atoms with van der Waals surface area (Å²) in [6.45, 7) is 4.93. The third-order valence-electron chi connectivity index (χ3n) is 5.34. The number of nitrogens with one attached hydrogen (secondary N) is 1. The summed E-state index contributed by atoms with van der Waals surface area (Å²) in [5.74, 6) is -0.00995. The molecule has 5 heteroatoms. The van der Waals surface area contributed by atoms with E-state index in [2.05, 4.69) is 34.7 Å². The van der Waals surface area contributed by atoms with E-state index in [9.17, 15) is 9.59 Å². The number of likely N-dealkylation sites (tertiary alicyclic amines) is 1. The van der Waals surface area contributed by atoms with Gasteiger partial charge < -0.3 is 5.32 Å². The average molecular weight is 399 g/mol. The zero-order valence-electron chi connectivity index (χ0n) is 16.7. The van der Waals surface area contributed by atoms with Crippen molar-refractivity contribution in [2.75, 3.05) is 19.6 Å². The second-order valence-corrected chi connectivity index (χ2v) is 8.43. The highest BCUT2D eigenvalue weighted by Crippen LogP contribution is 2.27. The van der Waals surface area contributed by atoms with Crippen LogP contribution in [0.4, 0.5) is 0 Å². The van der Waals surface area contributed by atoms with Gasteiger partial charge in [-0.25, -0.2) is 0 Å². The van der Waals surface area contributed by atoms with Crippen LogP contribution in [-0.4, -0.2) is 36.2 Å². The molecule has 1 unspecified atom stereocenters. The summed E-state index contributed by atoms with van der Waals surface area (Å²) in [4.78, 5) is 28.4. The molecule has 1 fully saturated rings. The van der Waals surface area contributed by atoms with Crippen LogP contribution in [0.3, 0.4) is 0 Å². The zero-order valence-corrected chi connectivity index (χ0v) is 17.5. The SMILES string of the molecule is CCCc1ccc(C(=O)CCC(=O)NCC(c2cccs2)N2CCCC2)cc1. The van der Waals surface area contributed by atoms with E-state index in [1.807, 2.05) is 24.3 Å². The minimum absolute atomic E-state index is 0.0348. The number of carbonyl (C=O) groups is 2. The van der Waals surface area contributed by atoms with E-state index >= 15 is 0 Å².